The minimum Gasteiger partial charge on any atom is -0.370 e. The van der Waals surface area contributed by atoms with E-state index in [4.69, 9.17) is 23.2 Å². The molecule has 1 fully saturated rings. The van der Waals surface area contributed by atoms with Crippen LogP contribution in [0, 0.1) is 11.3 Å². The lowest BCUT2D eigenvalue weighted by Crippen LogP contribution is -2.35. The van der Waals surface area contributed by atoms with Gasteiger partial charge < -0.3 is 9.47 Å². The zero-order chi connectivity index (χ0) is 19.8. The Hall–Kier alpha value is -2.48. The van der Waals surface area contributed by atoms with Gasteiger partial charge in [0.05, 0.1) is 11.2 Å². The summed E-state index contributed by atoms with van der Waals surface area (Å²) in [7, 11) is 1.71. The summed E-state index contributed by atoms with van der Waals surface area (Å²) < 4.78 is 1.55. The van der Waals surface area contributed by atoms with Gasteiger partial charge in [-0.3, -0.25) is 4.79 Å². The molecule has 28 heavy (non-hydrogen) atoms. The number of nitriles is 1. The normalized spacial score (nSPS) is 15.0. The van der Waals surface area contributed by atoms with E-state index in [0.29, 0.717) is 16.0 Å². The van der Waals surface area contributed by atoms with Crippen LogP contribution in [0.4, 0.5) is 5.69 Å². The highest BCUT2D eigenvalue weighted by atomic mass is 35.5. The first kappa shape index (κ1) is 18.9. The molecule has 2 aromatic carbocycles. The second kappa shape index (κ2) is 7.50. The monoisotopic (exact) mass is 411 g/mol. The van der Waals surface area contributed by atoms with Crippen LogP contribution in [0.5, 0.6) is 0 Å². The topological polar surface area (TPSA) is 49.0 Å². The van der Waals surface area contributed by atoms with Gasteiger partial charge >= 0.3 is 0 Å². The summed E-state index contributed by atoms with van der Waals surface area (Å²) in [5, 5.41) is 11.9. The number of piperidine rings is 1. The third kappa shape index (κ3) is 3.26. The fourth-order valence-electron chi connectivity index (χ4n) is 4.16. The number of aryl methyl sites for hydroxylation is 1. The molecule has 0 N–H and O–H groups in total. The zero-order valence-electron chi connectivity index (χ0n) is 15.5. The smallest absolute Gasteiger partial charge is 0.270 e. The van der Waals surface area contributed by atoms with Gasteiger partial charge in [0.25, 0.3) is 5.56 Å². The zero-order valence-corrected chi connectivity index (χ0v) is 17.0. The van der Waals surface area contributed by atoms with Crippen LogP contribution < -0.4 is 10.5 Å². The van der Waals surface area contributed by atoms with Gasteiger partial charge in [-0.15, -0.1) is 0 Å². The molecule has 6 heteroatoms. The first-order chi connectivity index (χ1) is 13.5. The molecule has 0 amide bonds. The van der Waals surface area contributed by atoms with Gasteiger partial charge in [0.15, 0.2) is 0 Å². The number of rotatable bonds is 2. The fraction of sp³-hybridized carbons (Fsp3) is 0.273. The number of fused-ring (bicyclic) bond motifs is 1. The number of para-hydroxylation sites is 1. The first-order valence-corrected chi connectivity index (χ1v) is 9.98. The number of benzene rings is 2. The molecule has 1 aromatic heterocycles. The van der Waals surface area contributed by atoms with E-state index in [1.54, 1.807) is 17.7 Å². The summed E-state index contributed by atoms with van der Waals surface area (Å²) in [6.07, 6.45) is 1.82. The molecule has 1 aliphatic rings. The molecule has 0 aliphatic carbocycles. The van der Waals surface area contributed by atoms with E-state index in [2.05, 4.69) is 11.0 Å². The summed E-state index contributed by atoms with van der Waals surface area (Å²) in [4.78, 5) is 14.9. The van der Waals surface area contributed by atoms with Crippen molar-refractivity contribution in [3.05, 3.63) is 74.0 Å². The number of halogens is 2. The van der Waals surface area contributed by atoms with Crippen molar-refractivity contribution in [1.82, 2.24) is 4.57 Å². The number of pyridine rings is 1. The number of hydrogen-bond donors (Lipinski definition) is 0. The van der Waals surface area contributed by atoms with Gasteiger partial charge in [-0.25, -0.2) is 0 Å². The van der Waals surface area contributed by atoms with Crippen LogP contribution in [-0.4, -0.2) is 17.7 Å². The average Bonchev–Trinajstić information content (AvgIpc) is 2.70. The lowest BCUT2D eigenvalue weighted by molar-refractivity contribution is 0.506. The van der Waals surface area contributed by atoms with E-state index in [0.717, 1.165) is 48.1 Å². The maximum atomic E-state index is 12.7. The Morgan fingerprint density at radius 1 is 1.07 bits per heavy atom. The third-order valence-electron chi connectivity index (χ3n) is 5.56. The molecule has 0 spiro atoms. The Balaban J connectivity index is 1.70. The minimum atomic E-state index is -0.250. The maximum absolute atomic E-state index is 12.7. The fourth-order valence-corrected chi connectivity index (χ4v) is 4.70. The van der Waals surface area contributed by atoms with Crippen LogP contribution in [0.25, 0.3) is 10.9 Å². The largest absolute Gasteiger partial charge is 0.370 e. The minimum absolute atomic E-state index is 0.213. The maximum Gasteiger partial charge on any atom is 0.270 e. The van der Waals surface area contributed by atoms with Crippen molar-refractivity contribution in [2.45, 2.75) is 18.8 Å². The molecule has 0 unspecified atom stereocenters. The third-order valence-corrected chi connectivity index (χ3v) is 5.99. The van der Waals surface area contributed by atoms with Crippen molar-refractivity contribution in [3.63, 3.8) is 0 Å². The second-order valence-electron chi connectivity index (χ2n) is 7.18. The summed E-state index contributed by atoms with van der Waals surface area (Å²) in [5.41, 5.74) is 2.70. The van der Waals surface area contributed by atoms with E-state index in [1.807, 2.05) is 36.4 Å². The summed E-state index contributed by atoms with van der Waals surface area (Å²) in [5.74, 6) is 0.357. The predicted molar refractivity (Wildman–Crippen MR) is 115 cm³/mol. The van der Waals surface area contributed by atoms with Crippen molar-refractivity contribution in [2.24, 2.45) is 7.05 Å². The Kier molecular flexibility index (Phi) is 5.05. The van der Waals surface area contributed by atoms with Gasteiger partial charge in [0.1, 0.15) is 11.6 Å². The number of hydrogen-bond acceptors (Lipinski definition) is 3. The SMILES string of the molecule is Cn1c(=O)c(C#N)c(N2CCC(c3cc(Cl)cc(Cl)c3)CC2)c2ccccc21. The molecule has 0 saturated carbocycles. The van der Waals surface area contributed by atoms with Crippen molar-refractivity contribution in [3.8, 4) is 6.07 Å². The molecule has 142 valence electrons. The Labute approximate surface area is 173 Å². The average molecular weight is 412 g/mol. The molecule has 2 heterocycles. The van der Waals surface area contributed by atoms with Gasteiger partial charge in [0.2, 0.25) is 0 Å². The molecule has 3 aromatic rings. The molecular weight excluding hydrogens is 393 g/mol. The van der Waals surface area contributed by atoms with E-state index >= 15 is 0 Å². The lowest BCUT2D eigenvalue weighted by atomic mass is 9.89. The van der Waals surface area contributed by atoms with E-state index in [1.165, 1.54) is 0 Å². The summed E-state index contributed by atoms with van der Waals surface area (Å²) >= 11 is 12.3. The van der Waals surface area contributed by atoms with E-state index < -0.39 is 0 Å². The van der Waals surface area contributed by atoms with Crippen molar-refractivity contribution >= 4 is 39.8 Å². The van der Waals surface area contributed by atoms with Crippen LogP contribution >= 0.6 is 23.2 Å². The van der Waals surface area contributed by atoms with E-state index in [9.17, 15) is 10.1 Å². The van der Waals surface area contributed by atoms with Crippen LogP contribution in [0.3, 0.4) is 0 Å². The second-order valence-corrected chi connectivity index (χ2v) is 8.05. The van der Waals surface area contributed by atoms with Gasteiger partial charge in [-0.05, 0) is 48.6 Å². The highest BCUT2D eigenvalue weighted by Crippen LogP contribution is 2.36. The van der Waals surface area contributed by atoms with Gasteiger partial charge in [0, 0.05) is 35.6 Å². The molecule has 1 aliphatic heterocycles. The summed E-state index contributed by atoms with van der Waals surface area (Å²) in [6, 6.07) is 15.6. The van der Waals surface area contributed by atoms with Crippen LogP contribution in [0.2, 0.25) is 10.0 Å². The Bertz CT molecular complexity index is 1130. The number of aromatic nitrogens is 1. The van der Waals surface area contributed by atoms with E-state index in [-0.39, 0.29) is 11.1 Å². The number of anilines is 1. The number of nitrogens with zero attached hydrogens (tertiary/aromatic N) is 3. The van der Waals surface area contributed by atoms with Crippen LogP contribution in [-0.2, 0) is 7.05 Å². The van der Waals surface area contributed by atoms with Crippen molar-refractivity contribution in [1.29, 1.82) is 5.26 Å². The molecule has 4 rings (SSSR count). The predicted octanol–water partition coefficient (Wildman–Crippen LogP) is 5.10. The van der Waals surface area contributed by atoms with Gasteiger partial charge in [-0.1, -0.05) is 41.4 Å². The highest BCUT2D eigenvalue weighted by molar-refractivity contribution is 6.34. The molecule has 0 atom stereocenters. The van der Waals surface area contributed by atoms with Crippen LogP contribution in [0.15, 0.2) is 47.3 Å². The van der Waals surface area contributed by atoms with Crippen LogP contribution in [0.1, 0.15) is 29.9 Å². The molecule has 1 saturated heterocycles. The highest BCUT2D eigenvalue weighted by Gasteiger charge is 2.26. The molecule has 4 nitrogen and oxygen atoms in total. The van der Waals surface area contributed by atoms with Crippen molar-refractivity contribution < 1.29 is 0 Å². The van der Waals surface area contributed by atoms with Crippen molar-refractivity contribution in [2.75, 3.05) is 18.0 Å². The Morgan fingerprint density at radius 3 is 2.36 bits per heavy atom. The molecular formula is C22H19Cl2N3O. The molecule has 0 bridgehead atoms. The lowest BCUT2D eigenvalue weighted by Gasteiger charge is -2.35. The first-order valence-electron chi connectivity index (χ1n) is 9.22. The quantitative estimate of drug-likeness (QED) is 0.589. The Morgan fingerprint density at radius 2 is 1.71 bits per heavy atom. The standard InChI is InChI=1S/C22H19Cl2N3O/c1-26-20-5-3-2-4-18(20)21(19(13-25)22(26)28)27-8-6-14(7-9-27)15-10-16(23)12-17(24)11-15/h2-5,10-12,14H,6-9H2,1H3. The summed E-state index contributed by atoms with van der Waals surface area (Å²) in [6.45, 7) is 1.53. The molecule has 0 radical (unpaired) electrons. The van der Waals surface area contributed by atoms with Gasteiger partial charge in [-0.2, -0.15) is 5.26 Å².